The van der Waals surface area contributed by atoms with E-state index in [4.69, 9.17) is 11.5 Å². The van der Waals surface area contributed by atoms with Gasteiger partial charge < -0.3 is 11.5 Å². The fourth-order valence-corrected chi connectivity index (χ4v) is 1.99. The van der Waals surface area contributed by atoms with Crippen molar-refractivity contribution in [1.29, 1.82) is 0 Å². The first kappa shape index (κ1) is 15.4. The number of rotatable bonds is 4. The van der Waals surface area contributed by atoms with Crippen LogP contribution in [-0.2, 0) is 0 Å². The molecule has 112 valence electrons. The molecule has 2 aromatic rings. The lowest BCUT2D eigenvalue weighted by Crippen LogP contribution is -2.13. The zero-order chi connectivity index (χ0) is 16.3. The molecule has 0 bridgehead atoms. The summed E-state index contributed by atoms with van der Waals surface area (Å²) in [5.74, 6) is -1.59. The molecule has 0 aromatic heterocycles. The Morgan fingerprint density at radius 3 is 2.14 bits per heavy atom. The number of carbonyl (C=O) groups excluding carboxylic acids is 1. The largest absolute Gasteiger partial charge is 0.398 e. The molecule has 0 radical (unpaired) electrons. The molecule has 0 aliphatic rings. The Morgan fingerprint density at radius 1 is 0.955 bits per heavy atom. The number of nitrogens with two attached hydrogens (primary N) is 2. The first-order chi connectivity index (χ1) is 10.4. The van der Waals surface area contributed by atoms with Crippen LogP contribution in [0.15, 0.2) is 55.1 Å². The van der Waals surface area contributed by atoms with Crippen molar-refractivity contribution < 1.29 is 13.6 Å². The summed E-state index contributed by atoms with van der Waals surface area (Å²) in [6, 6.07) is 9.16. The molecule has 4 N–H and O–H groups in total. The van der Waals surface area contributed by atoms with Gasteiger partial charge in [-0.2, -0.15) is 0 Å². The van der Waals surface area contributed by atoms with Crippen LogP contribution >= 0.6 is 0 Å². The first-order valence-corrected chi connectivity index (χ1v) is 6.40. The van der Waals surface area contributed by atoms with Gasteiger partial charge in [-0.3, -0.25) is 4.79 Å². The van der Waals surface area contributed by atoms with Crippen LogP contribution in [-0.4, -0.2) is 5.91 Å². The van der Waals surface area contributed by atoms with Gasteiger partial charge >= 0.3 is 0 Å². The van der Waals surface area contributed by atoms with Gasteiger partial charge in [0.15, 0.2) is 0 Å². The Morgan fingerprint density at radius 2 is 1.55 bits per heavy atom. The van der Waals surface area contributed by atoms with Crippen LogP contribution in [0.25, 0.3) is 11.3 Å². The number of allylic oxidation sites excluding steroid dienone is 2. The maximum Gasteiger partial charge on any atom is 0.249 e. The quantitative estimate of drug-likeness (QED) is 0.852. The lowest BCUT2D eigenvalue weighted by Gasteiger charge is -2.09. The van der Waals surface area contributed by atoms with E-state index in [-0.39, 0.29) is 16.9 Å². The molecule has 0 saturated carbocycles. The molecule has 0 fully saturated rings. The van der Waals surface area contributed by atoms with Crippen LogP contribution in [0, 0.1) is 11.6 Å². The third-order valence-corrected chi connectivity index (χ3v) is 3.10. The van der Waals surface area contributed by atoms with Gasteiger partial charge in [-0.15, -0.1) is 0 Å². The van der Waals surface area contributed by atoms with E-state index in [1.165, 1.54) is 36.4 Å². The van der Waals surface area contributed by atoms with Crippen molar-refractivity contribution in [3.05, 3.63) is 83.4 Å². The molecule has 0 heterocycles. The fourth-order valence-electron chi connectivity index (χ4n) is 1.99. The van der Waals surface area contributed by atoms with Crippen LogP contribution in [0.2, 0.25) is 0 Å². The van der Waals surface area contributed by atoms with E-state index < -0.39 is 11.7 Å². The van der Waals surface area contributed by atoms with Gasteiger partial charge in [-0.05, 0) is 53.1 Å². The van der Waals surface area contributed by atoms with E-state index >= 15 is 0 Å². The standard InChI is InChI=1S/C17H14F2N2O/c1-10(8-16(20)11-2-4-12(18)5-3-11)15-9-13(19)6-7-14(15)17(21)22/h2-9H,1,20H2,(H2,21,22)/b16-8-. The smallest absolute Gasteiger partial charge is 0.249 e. The number of halogens is 2. The second-order valence-corrected chi connectivity index (χ2v) is 4.69. The minimum absolute atomic E-state index is 0.148. The summed E-state index contributed by atoms with van der Waals surface area (Å²) in [6.07, 6.45) is 1.48. The highest BCUT2D eigenvalue weighted by Crippen LogP contribution is 2.23. The molecule has 2 rings (SSSR count). The monoisotopic (exact) mass is 300 g/mol. The zero-order valence-corrected chi connectivity index (χ0v) is 11.6. The van der Waals surface area contributed by atoms with E-state index in [1.807, 2.05) is 0 Å². The molecule has 0 aliphatic heterocycles. The van der Waals surface area contributed by atoms with Crippen LogP contribution < -0.4 is 11.5 Å². The summed E-state index contributed by atoms with van der Waals surface area (Å²) < 4.78 is 26.3. The van der Waals surface area contributed by atoms with Crippen LogP contribution in [0.3, 0.4) is 0 Å². The molecule has 0 atom stereocenters. The number of hydrogen-bond acceptors (Lipinski definition) is 2. The minimum atomic E-state index is -0.690. The summed E-state index contributed by atoms with van der Waals surface area (Å²) in [4.78, 5) is 11.4. The van der Waals surface area contributed by atoms with Crippen molar-refractivity contribution in [1.82, 2.24) is 0 Å². The highest BCUT2D eigenvalue weighted by molar-refractivity contribution is 5.99. The highest BCUT2D eigenvalue weighted by atomic mass is 19.1. The second kappa shape index (κ2) is 6.22. The SMILES string of the molecule is C=C(/C=C(\N)c1ccc(F)cc1)c1cc(F)ccc1C(N)=O. The molecule has 1 amide bonds. The van der Waals surface area contributed by atoms with Gasteiger partial charge in [-0.25, -0.2) is 8.78 Å². The summed E-state index contributed by atoms with van der Waals surface area (Å²) in [7, 11) is 0. The van der Waals surface area contributed by atoms with Gasteiger partial charge in [0.2, 0.25) is 5.91 Å². The van der Waals surface area contributed by atoms with Crippen molar-refractivity contribution in [2.24, 2.45) is 11.5 Å². The normalized spacial score (nSPS) is 11.3. The molecule has 0 aliphatic carbocycles. The minimum Gasteiger partial charge on any atom is -0.398 e. The Kier molecular flexibility index (Phi) is 4.36. The van der Waals surface area contributed by atoms with Crippen molar-refractivity contribution in [2.75, 3.05) is 0 Å². The lowest BCUT2D eigenvalue weighted by atomic mass is 9.98. The summed E-state index contributed by atoms with van der Waals surface area (Å²) >= 11 is 0. The Bertz CT molecular complexity index is 765. The third-order valence-electron chi connectivity index (χ3n) is 3.10. The fraction of sp³-hybridized carbons (Fsp3) is 0. The molecule has 0 spiro atoms. The van der Waals surface area contributed by atoms with Crippen molar-refractivity contribution in [2.45, 2.75) is 0 Å². The van der Waals surface area contributed by atoms with Gasteiger partial charge in [-0.1, -0.05) is 18.7 Å². The average Bonchev–Trinajstić information content (AvgIpc) is 2.47. The van der Waals surface area contributed by atoms with Crippen molar-refractivity contribution in [3.63, 3.8) is 0 Å². The van der Waals surface area contributed by atoms with Gasteiger partial charge in [0, 0.05) is 11.3 Å². The molecule has 3 nitrogen and oxygen atoms in total. The predicted octanol–water partition coefficient (Wildman–Crippen LogP) is 3.08. The number of hydrogen-bond donors (Lipinski definition) is 2. The van der Waals surface area contributed by atoms with Crippen molar-refractivity contribution in [3.8, 4) is 0 Å². The van der Waals surface area contributed by atoms with E-state index in [9.17, 15) is 13.6 Å². The van der Waals surface area contributed by atoms with E-state index in [0.717, 1.165) is 12.1 Å². The van der Waals surface area contributed by atoms with Crippen LogP contribution in [0.5, 0.6) is 0 Å². The van der Waals surface area contributed by atoms with Crippen LogP contribution in [0.1, 0.15) is 21.5 Å². The second-order valence-electron chi connectivity index (χ2n) is 4.69. The average molecular weight is 300 g/mol. The maximum absolute atomic E-state index is 13.4. The molecular weight excluding hydrogens is 286 g/mol. The Balaban J connectivity index is 2.40. The molecule has 0 saturated heterocycles. The molecular formula is C17H14F2N2O. The van der Waals surface area contributed by atoms with Gasteiger partial charge in [0.1, 0.15) is 11.6 Å². The molecule has 0 unspecified atom stereocenters. The van der Waals surface area contributed by atoms with Gasteiger partial charge in [0.25, 0.3) is 0 Å². The lowest BCUT2D eigenvalue weighted by molar-refractivity contribution is 0.1000. The Labute approximate surface area is 126 Å². The zero-order valence-electron chi connectivity index (χ0n) is 11.6. The topological polar surface area (TPSA) is 69.1 Å². The van der Waals surface area contributed by atoms with E-state index in [1.54, 1.807) is 0 Å². The predicted molar refractivity (Wildman–Crippen MR) is 82.5 cm³/mol. The summed E-state index contributed by atoms with van der Waals surface area (Å²) in [5.41, 5.74) is 12.8. The van der Waals surface area contributed by atoms with Crippen LogP contribution in [0.4, 0.5) is 8.78 Å². The van der Waals surface area contributed by atoms with Gasteiger partial charge in [0.05, 0.1) is 0 Å². The Hall–Kier alpha value is -2.95. The molecule has 2 aromatic carbocycles. The van der Waals surface area contributed by atoms with Crippen molar-refractivity contribution >= 4 is 17.2 Å². The maximum atomic E-state index is 13.4. The summed E-state index contributed by atoms with van der Waals surface area (Å²) in [5, 5.41) is 0. The first-order valence-electron chi connectivity index (χ1n) is 6.40. The highest BCUT2D eigenvalue weighted by Gasteiger charge is 2.11. The van der Waals surface area contributed by atoms with E-state index in [2.05, 4.69) is 6.58 Å². The number of amides is 1. The molecule has 22 heavy (non-hydrogen) atoms. The molecule has 5 heteroatoms. The third kappa shape index (κ3) is 3.38. The number of primary amides is 1. The number of carbonyl (C=O) groups is 1. The number of benzene rings is 2. The van der Waals surface area contributed by atoms with E-state index in [0.29, 0.717) is 16.8 Å². The summed E-state index contributed by atoms with van der Waals surface area (Å²) in [6.45, 7) is 3.79.